The summed E-state index contributed by atoms with van der Waals surface area (Å²) in [5.74, 6) is 1.19. The summed E-state index contributed by atoms with van der Waals surface area (Å²) >= 11 is 12.0. The first-order valence-electron chi connectivity index (χ1n) is 6.03. The van der Waals surface area contributed by atoms with Crippen LogP contribution in [0.25, 0.3) is 0 Å². The van der Waals surface area contributed by atoms with Gasteiger partial charge < -0.3 is 9.84 Å². The summed E-state index contributed by atoms with van der Waals surface area (Å²) in [6.07, 6.45) is 0.529. The molecule has 0 unspecified atom stereocenters. The van der Waals surface area contributed by atoms with Crippen LogP contribution in [0.3, 0.4) is 0 Å². The summed E-state index contributed by atoms with van der Waals surface area (Å²) in [5, 5.41) is 8.38. The van der Waals surface area contributed by atoms with Gasteiger partial charge in [-0.3, -0.25) is 0 Å². The molecule has 0 spiro atoms. The summed E-state index contributed by atoms with van der Waals surface area (Å²) in [5.41, 5.74) is 0.926. The normalized spacial score (nSPS) is 11.2. The van der Waals surface area contributed by atoms with Crippen LogP contribution in [0.1, 0.15) is 31.1 Å². The second kappa shape index (κ2) is 6.37. The van der Waals surface area contributed by atoms with Gasteiger partial charge in [-0.05, 0) is 17.7 Å². The maximum Gasteiger partial charge on any atom is 0.240 e. The molecule has 2 aromatic rings. The molecule has 0 aliphatic rings. The third-order valence-electron chi connectivity index (χ3n) is 2.54. The standard InChI is InChI=1S/C13H15Cl2N3O/c1-8(2)16-7-13-17-12(18-19-13)5-9-3-4-10(14)6-11(9)15/h3-4,6,8,16H,5,7H2,1-2H3. The second-order valence-electron chi connectivity index (χ2n) is 4.55. The predicted octanol–water partition coefficient (Wildman–Crippen LogP) is 3.47. The SMILES string of the molecule is CC(C)NCc1nc(Cc2ccc(Cl)cc2Cl)no1. The molecule has 0 atom stereocenters. The largest absolute Gasteiger partial charge is 0.338 e. The van der Waals surface area contributed by atoms with E-state index in [1.54, 1.807) is 12.1 Å². The van der Waals surface area contributed by atoms with Crippen molar-refractivity contribution in [1.29, 1.82) is 0 Å². The number of rotatable bonds is 5. The smallest absolute Gasteiger partial charge is 0.240 e. The Hall–Kier alpha value is -1.10. The number of nitrogens with one attached hydrogen (secondary N) is 1. The fraction of sp³-hybridized carbons (Fsp3) is 0.385. The van der Waals surface area contributed by atoms with Crippen LogP contribution in [0.15, 0.2) is 22.7 Å². The van der Waals surface area contributed by atoms with Crippen LogP contribution in [0.4, 0.5) is 0 Å². The Bertz CT molecular complexity index is 555. The molecule has 1 N–H and O–H groups in total. The monoisotopic (exact) mass is 299 g/mol. The molecule has 0 bridgehead atoms. The summed E-state index contributed by atoms with van der Waals surface area (Å²) < 4.78 is 5.16. The van der Waals surface area contributed by atoms with Gasteiger partial charge in [0.05, 0.1) is 6.54 Å². The van der Waals surface area contributed by atoms with E-state index in [9.17, 15) is 0 Å². The van der Waals surface area contributed by atoms with Crippen molar-refractivity contribution in [3.8, 4) is 0 Å². The highest BCUT2D eigenvalue weighted by atomic mass is 35.5. The Morgan fingerprint density at radius 1 is 1.32 bits per heavy atom. The van der Waals surface area contributed by atoms with Crippen molar-refractivity contribution in [3.63, 3.8) is 0 Å². The van der Waals surface area contributed by atoms with Crippen molar-refractivity contribution in [2.75, 3.05) is 0 Å². The second-order valence-corrected chi connectivity index (χ2v) is 5.40. The van der Waals surface area contributed by atoms with Gasteiger partial charge in [0, 0.05) is 22.5 Å². The molecule has 0 aliphatic carbocycles. The van der Waals surface area contributed by atoms with E-state index in [1.807, 2.05) is 6.07 Å². The van der Waals surface area contributed by atoms with Crippen molar-refractivity contribution < 1.29 is 4.52 Å². The van der Waals surface area contributed by atoms with E-state index in [2.05, 4.69) is 29.3 Å². The van der Waals surface area contributed by atoms with Gasteiger partial charge in [0.15, 0.2) is 5.82 Å². The van der Waals surface area contributed by atoms with Crippen molar-refractivity contribution in [1.82, 2.24) is 15.5 Å². The van der Waals surface area contributed by atoms with Crippen molar-refractivity contribution >= 4 is 23.2 Å². The maximum atomic E-state index is 6.11. The number of hydrogen-bond donors (Lipinski definition) is 1. The van der Waals surface area contributed by atoms with Gasteiger partial charge in [-0.15, -0.1) is 0 Å². The molecule has 19 heavy (non-hydrogen) atoms. The average Bonchev–Trinajstić information content (AvgIpc) is 2.78. The van der Waals surface area contributed by atoms with E-state index in [-0.39, 0.29) is 0 Å². The summed E-state index contributed by atoms with van der Waals surface area (Å²) in [7, 11) is 0. The molecule has 0 saturated carbocycles. The first kappa shape index (κ1) is 14.3. The number of nitrogens with zero attached hydrogens (tertiary/aromatic N) is 2. The Labute approximate surface area is 122 Å². The summed E-state index contributed by atoms with van der Waals surface area (Å²) in [6.45, 7) is 4.69. The lowest BCUT2D eigenvalue weighted by molar-refractivity contribution is 0.358. The van der Waals surface area contributed by atoms with E-state index < -0.39 is 0 Å². The van der Waals surface area contributed by atoms with Crippen LogP contribution in [-0.4, -0.2) is 16.2 Å². The highest BCUT2D eigenvalue weighted by Crippen LogP contribution is 2.22. The molecule has 4 nitrogen and oxygen atoms in total. The van der Waals surface area contributed by atoms with Crippen LogP contribution in [0.2, 0.25) is 10.0 Å². The fourth-order valence-corrected chi connectivity index (χ4v) is 2.04. The average molecular weight is 300 g/mol. The fourth-order valence-electron chi connectivity index (χ4n) is 1.56. The topological polar surface area (TPSA) is 51.0 Å². The van der Waals surface area contributed by atoms with Crippen molar-refractivity contribution in [2.24, 2.45) is 0 Å². The molecule has 0 fully saturated rings. The lowest BCUT2D eigenvalue weighted by atomic mass is 10.1. The highest BCUT2D eigenvalue weighted by Gasteiger charge is 2.09. The number of benzene rings is 1. The first-order valence-corrected chi connectivity index (χ1v) is 6.79. The van der Waals surface area contributed by atoms with E-state index in [0.29, 0.717) is 40.8 Å². The molecular formula is C13H15Cl2N3O. The molecule has 1 aromatic carbocycles. The van der Waals surface area contributed by atoms with Gasteiger partial charge in [0.2, 0.25) is 5.89 Å². The van der Waals surface area contributed by atoms with Gasteiger partial charge >= 0.3 is 0 Å². The van der Waals surface area contributed by atoms with Crippen LogP contribution in [0, 0.1) is 0 Å². The molecule has 0 radical (unpaired) electrons. The maximum absolute atomic E-state index is 6.11. The van der Waals surface area contributed by atoms with Gasteiger partial charge in [0.25, 0.3) is 0 Å². The molecular weight excluding hydrogens is 285 g/mol. The van der Waals surface area contributed by atoms with E-state index in [0.717, 1.165) is 5.56 Å². The first-order chi connectivity index (χ1) is 9.04. The molecule has 2 rings (SSSR count). The minimum Gasteiger partial charge on any atom is -0.338 e. The van der Waals surface area contributed by atoms with Crippen LogP contribution < -0.4 is 5.32 Å². The molecule has 1 aromatic heterocycles. The van der Waals surface area contributed by atoms with Crippen molar-refractivity contribution in [3.05, 3.63) is 45.5 Å². The lowest BCUT2D eigenvalue weighted by Gasteiger charge is -2.03. The summed E-state index contributed by atoms with van der Waals surface area (Å²) in [4.78, 5) is 4.31. The van der Waals surface area contributed by atoms with E-state index >= 15 is 0 Å². The number of aromatic nitrogens is 2. The van der Waals surface area contributed by atoms with Gasteiger partial charge in [0.1, 0.15) is 0 Å². The molecule has 0 saturated heterocycles. The van der Waals surface area contributed by atoms with Crippen LogP contribution in [-0.2, 0) is 13.0 Å². The Balaban J connectivity index is 2.03. The third kappa shape index (κ3) is 4.20. The molecule has 0 aliphatic heterocycles. The van der Waals surface area contributed by atoms with Gasteiger partial charge in [-0.2, -0.15) is 4.98 Å². The minimum atomic E-state index is 0.376. The molecule has 6 heteroatoms. The summed E-state index contributed by atoms with van der Waals surface area (Å²) in [6, 6.07) is 5.75. The van der Waals surface area contributed by atoms with Crippen LogP contribution >= 0.6 is 23.2 Å². The molecule has 102 valence electrons. The van der Waals surface area contributed by atoms with Crippen LogP contribution in [0.5, 0.6) is 0 Å². The number of halogens is 2. The highest BCUT2D eigenvalue weighted by molar-refractivity contribution is 6.35. The van der Waals surface area contributed by atoms with Gasteiger partial charge in [-0.25, -0.2) is 0 Å². The molecule has 1 heterocycles. The Kier molecular flexibility index (Phi) is 4.80. The quantitative estimate of drug-likeness (QED) is 0.918. The molecule has 0 amide bonds. The van der Waals surface area contributed by atoms with E-state index in [4.69, 9.17) is 27.7 Å². The Morgan fingerprint density at radius 3 is 2.79 bits per heavy atom. The predicted molar refractivity (Wildman–Crippen MR) is 75.5 cm³/mol. The van der Waals surface area contributed by atoms with Gasteiger partial charge in [-0.1, -0.05) is 48.3 Å². The van der Waals surface area contributed by atoms with E-state index in [1.165, 1.54) is 0 Å². The zero-order chi connectivity index (χ0) is 13.8. The lowest BCUT2D eigenvalue weighted by Crippen LogP contribution is -2.21. The Morgan fingerprint density at radius 2 is 2.11 bits per heavy atom. The third-order valence-corrected chi connectivity index (χ3v) is 3.12. The zero-order valence-electron chi connectivity index (χ0n) is 10.8. The minimum absolute atomic E-state index is 0.376. The zero-order valence-corrected chi connectivity index (χ0v) is 12.3. The van der Waals surface area contributed by atoms with Crippen molar-refractivity contribution in [2.45, 2.75) is 32.9 Å². The number of hydrogen-bond acceptors (Lipinski definition) is 4.